The molecule has 4 heterocycles. The molecule has 1 saturated heterocycles. The summed E-state index contributed by atoms with van der Waals surface area (Å²) in [7, 11) is 2.04. The van der Waals surface area contributed by atoms with Gasteiger partial charge >= 0.3 is 0 Å². The number of rotatable bonds is 8. The quantitative estimate of drug-likeness (QED) is 0.330. The van der Waals surface area contributed by atoms with Crippen LogP contribution in [0.2, 0.25) is 0 Å². The molecule has 1 amide bonds. The second-order valence-corrected chi connectivity index (χ2v) is 11.2. The van der Waals surface area contributed by atoms with E-state index in [0.717, 1.165) is 78.7 Å². The van der Waals surface area contributed by atoms with Gasteiger partial charge in [0, 0.05) is 30.2 Å². The van der Waals surface area contributed by atoms with E-state index in [9.17, 15) is 9.18 Å². The summed E-state index contributed by atoms with van der Waals surface area (Å²) in [4.78, 5) is 26.4. The number of hydrogen-bond acceptors (Lipinski definition) is 6. The zero-order chi connectivity index (χ0) is 26.2. The van der Waals surface area contributed by atoms with Gasteiger partial charge in [0.05, 0.1) is 17.9 Å². The molecule has 1 N–H and O–H groups in total. The van der Waals surface area contributed by atoms with Crippen LogP contribution < -0.4 is 10.2 Å². The second kappa shape index (κ2) is 10.5. The van der Waals surface area contributed by atoms with Crippen molar-refractivity contribution in [2.24, 2.45) is 0 Å². The smallest absolute Gasteiger partial charge is 0.234 e. The number of halogens is 1. The number of benzene rings is 1. The average Bonchev–Trinajstić information content (AvgIpc) is 3.46. The minimum absolute atomic E-state index is 0.162. The highest BCUT2D eigenvalue weighted by atomic mass is 32.1. The van der Waals surface area contributed by atoms with Crippen LogP contribution in [0.3, 0.4) is 0 Å². The molecule has 2 fully saturated rings. The molecule has 0 bridgehead atoms. The van der Waals surface area contributed by atoms with Crippen molar-refractivity contribution in [1.82, 2.24) is 24.6 Å². The molecule has 0 unspecified atom stereocenters. The molecular formula is C29H33FN6OS. The summed E-state index contributed by atoms with van der Waals surface area (Å²) in [5.41, 5.74) is 4.99. The molecule has 198 valence electrons. The summed E-state index contributed by atoms with van der Waals surface area (Å²) < 4.78 is 15.6. The van der Waals surface area contributed by atoms with Gasteiger partial charge in [0.15, 0.2) is 5.13 Å². The third-order valence-electron chi connectivity index (χ3n) is 7.63. The molecule has 9 heteroatoms. The Labute approximate surface area is 226 Å². The van der Waals surface area contributed by atoms with Crippen molar-refractivity contribution >= 4 is 33.8 Å². The molecule has 7 nitrogen and oxygen atoms in total. The van der Waals surface area contributed by atoms with Crippen LogP contribution in [0.4, 0.5) is 15.3 Å². The van der Waals surface area contributed by atoms with E-state index in [0.29, 0.717) is 18.5 Å². The average molecular weight is 533 g/mol. The van der Waals surface area contributed by atoms with Crippen molar-refractivity contribution in [3.63, 3.8) is 0 Å². The number of piperidine rings is 1. The van der Waals surface area contributed by atoms with Crippen LogP contribution in [0.5, 0.6) is 0 Å². The zero-order valence-electron chi connectivity index (χ0n) is 21.9. The van der Waals surface area contributed by atoms with Crippen LogP contribution in [-0.2, 0) is 11.2 Å². The van der Waals surface area contributed by atoms with Crippen molar-refractivity contribution < 1.29 is 9.18 Å². The standard InChI is InChI=1S/C29H33FN6OS/c1-3-24-28(34(2)29-33-25(18-38-29)20-4-7-22(30)8-5-20)36-16-21(6-11-26(36)32-24)19-12-14-35(15-13-19)17-27(37)31-23-9-10-23/h4-8,11,16,18-19,23H,3,9-10,12-15,17H2,1-2H3,(H,31,37). The van der Waals surface area contributed by atoms with Gasteiger partial charge in [-0.2, -0.15) is 0 Å². The Balaban J connectivity index is 1.21. The van der Waals surface area contributed by atoms with Crippen molar-refractivity contribution in [2.75, 3.05) is 31.6 Å². The number of amides is 1. The Morgan fingerprint density at radius 2 is 1.87 bits per heavy atom. The number of carbonyl (C=O) groups is 1. The molecule has 4 aromatic rings. The topological polar surface area (TPSA) is 65.8 Å². The first-order valence-electron chi connectivity index (χ1n) is 13.5. The van der Waals surface area contributed by atoms with Gasteiger partial charge in [-0.15, -0.1) is 11.3 Å². The molecule has 3 aromatic heterocycles. The normalized spacial score (nSPS) is 16.7. The van der Waals surface area contributed by atoms with Gasteiger partial charge in [0.25, 0.3) is 0 Å². The molecule has 1 aliphatic carbocycles. The molecule has 0 spiro atoms. The van der Waals surface area contributed by atoms with Gasteiger partial charge < -0.3 is 10.2 Å². The first-order valence-corrected chi connectivity index (χ1v) is 14.3. The SMILES string of the molecule is CCc1nc2ccc(C3CCN(CC(=O)NC4CC4)CC3)cn2c1N(C)c1nc(-c2ccc(F)cc2)cs1. The maximum Gasteiger partial charge on any atom is 0.234 e. The summed E-state index contributed by atoms with van der Waals surface area (Å²) in [6.07, 6.45) is 7.38. The van der Waals surface area contributed by atoms with E-state index in [1.807, 2.05) is 12.4 Å². The number of anilines is 2. The number of aryl methyl sites for hydroxylation is 1. The fourth-order valence-corrected chi connectivity index (χ4v) is 6.12. The van der Waals surface area contributed by atoms with Gasteiger partial charge in [-0.1, -0.05) is 13.0 Å². The summed E-state index contributed by atoms with van der Waals surface area (Å²) in [6, 6.07) is 11.2. The number of thiazole rings is 1. The van der Waals surface area contributed by atoms with Crippen LogP contribution in [0.15, 0.2) is 48.0 Å². The van der Waals surface area contributed by atoms with Gasteiger partial charge in [0.1, 0.15) is 17.3 Å². The van der Waals surface area contributed by atoms with Crippen molar-refractivity contribution in [3.8, 4) is 11.3 Å². The number of fused-ring (bicyclic) bond motifs is 1. The highest BCUT2D eigenvalue weighted by Crippen LogP contribution is 2.35. The number of nitrogens with zero attached hydrogens (tertiary/aromatic N) is 5. The van der Waals surface area contributed by atoms with E-state index in [1.54, 1.807) is 23.5 Å². The molecular weight excluding hydrogens is 499 g/mol. The lowest BCUT2D eigenvalue weighted by Crippen LogP contribution is -2.41. The summed E-state index contributed by atoms with van der Waals surface area (Å²) in [5, 5.41) is 5.98. The number of aromatic nitrogens is 3. The summed E-state index contributed by atoms with van der Waals surface area (Å²) in [6.45, 7) is 4.50. The lowest BCUT2D eigenvalue weighted by Gasteiger charge is -2.31. The Morgan fingerprint density at radius 1 is 1.11 bits per heavy atom. The van der Waals surface area contributed by atoms with E-state index in [2.05, 4.69) is 44.8 Å². The van der Waals surface area contributed by atoms with Crippen molar-refractivity contribution in [1.29, 1.82) is 0 Å². The monoisotopic (exact) mass is 532 g/mol. The number of likely N-dealkylation sites (tertiary alicyclic amines) is 1. The number of imidazole rings is 1. The molecule has 1 aliphatic heterocycles. The van der Waals surface area contributed by atoms with Crippen LogP contribution in [0.1, 0.15) is 49.8 Å². The van der Waals surface area contributed by atoms with Crippen LogP contribution >= 0.6 is 11.3 Å². The highest BCUT2D eigenvalue weighted by molar-refractivity contribution is 7.14. The molecule has 2 aliphatic rings. The van der Waals surface area contributed by atoms with E-state index >= 15 is 0 Å². The summed E-state index contributed by atoms with van der Waals surface area (Å²) in [5.74, 6) is 1.40. The van der Waals surface area contributed by atoms with Gasteiger partial charge in [-0.3, -0.25) is 14.1 Å². The van der Waals surface area contributed by atoms with Gasteiger partial charge in [0.2, 0.25) is 5.91 Å². The Kier molecular flexibility index (Phi) is 6.88. The molecule has 38 heavy (non-hydrogen) atoms. The van der Waals surface area contributed by atoms with Crippen LogP contribution in [0.25, 0.3) is 16.9 Å². The predicted molar refractivity (Wildman–Crippen MR) is 150 cm³/mol. The fraction of sp³-hybridized carbons (Fsp3) is 0.414. The minimum Gasteiger partial charge on any atom is -0.352 e. The number of nitrogens with one attached hydrogen (secondary N) is 1. The van der Waals surface area contributed by atoms with Crippen molar-refractivity contribution in [3.05, 3.63) is 65.0 Å². The maximum atomic E-state index is 13.4. The Hall–Kier alpha value is -3.30. The van der Waals surface area contributed by atoms with E-state index < -0.39 is 0 Å². The maximum absolute atomic E-state index is 13.4. The zero-order valence-corrected chi connectivity index (χ0v) is 22.7. The third kappa shape index (κ3) is 5.17. The van der Waals surface area contributed by atoms with E-state index in [4.69, 9.17) is 9.97 Å². The lowest BCUT2D eigenvalue weighted by molar-refractivity contribution is -0.122. The van der Waals surface area contributed by atoms with E-state index in [1.165, 1.54) is 17.7 Å². The first-order chi connectivity index (χ1) is 18.5. The Bertz CT molecular complexity index is 1440. The van der Waals surface area contributed by atoms with Crippen molar-refractivity contribution in [2.45, 2.75) is 51.0 Å². The first kappa shape index (κ1) is 25.0. The highest BCUT2D eigenvalue weighted by Gasteiger charge is 2.27. The summed E-state index contributed by atoms with van der Waals surface area (Å²) >= 11 is 1.57. The molecule has 1 aromatic carbocycles. The predicted octanol–water partition coefficient (Wildman–Crippen LogP) is 5.39. The van der Waals surface area contributed by atoms with Crippen LogP contribution in [0, 0.1) is 5.82 Å². The van der Waals surface area contributed by atoms with Crippen LogP contribution in [-0.4, -0.2) is 57.9 Å². The fourth-order valence-electron chi connectivity index (χ4n) is 5.32. The minimum atomic E-state index is -0.250. The molecule has 0 atom stereocenters. The number of carbonyl (C=O) groups excluding carboxylic acids is 1. The Morgan fingerprint density at radius 3 is 2.58 bits per heavy atom. The second-order valence-electron chi connectivity index (χ2n) is 10.4. The molecule has 0 radical (unpaired) electrons. The lowest BCUT2D eigenvalue weighted by atomic mass is 9.90. The molecule has 1 saturated carbocycles. The van der Waals surface area contributed by atoms with E-state index in [-0.39, 0.29) is 11.7 Å². The molecule has 6 rings (SSSR count). The third-order valence-corrected chi connectivity index (χ3v) is 8.54. The number of pyridine rings is 1. The largest absolute Gasteiger partial charge is 0.352 e. The van der Waals surface area contributed by atoms with Gasteiger partial charge in [-0.25, -0.2) is 14.4 Å². The van der Waals surface area contributed by atoms with Gasteiger partial charge in [-0.05, 0) is 87.0 Å². The number of hydrogen-bond donors (Lipinski definition) is 1.